The molecule has 0 fully saturated rings. The van der Waals surface area contributed by atoms with Gasteiger partial charge in [-0.25, -0.2) is 19.7 Å². The fraction of sp³-hybridized carbons (Fsp3) is 0. The minimum Gasteiger partial charge on any atom is -0.477 e. The van der Waals surface area contributed by atoms with E-state index in [1.807, 2.05) is 18.2 Å². The number of carboxylic acids is 1. The molecule has 88 valence electrons. The second kappa shape index (κ2) is 4.15. The lowest BCUT2D eigenvalue weighted by Gasteiger charge is -2.00. The van der Waals surface area contributed by atoms with Gasteiger partial charge in [0.2, 0.25) is 0 Å². The van der Waals surface area contributed by atoms with Crippen molar-refractivity contribution in [2.24, 2.45) is 0 Å². The lowest BCUT2D eigenvalue weighted by atomic mass is 10.2. The smallest absolute Gasteiger partial charge is 0.354 e. The van der Waals surface area contributed by atoms with Crippen molar-refractivity contribution in [3.63, 3.8) is 0 Å². The molecule has 5 nitrogen and oxygen atoms in total. The Balaban J connectivity index is 2.13. The Labute approximate surface area is 106 Å². The van der Waals surface area contributed by atoms with E-state index in [-0.39, 0.29) is 5.69 Å². The van der Waals surface area contributed by atoms with Gasteiger partial charge in [0.05, 0.1) is 15.7 Å². The van der Waals surface area contributed by atoms with Gasteiger partial charge in [0, 0.05) is 11.8 Å². The molecule has 18 heavy (non-hydrogen) atoms. The fourth-order valence-electron chi connectivity index (χ4n) is 1.61. The first kappa shape index (κ1) is 10.8. The number of hydrogen-bond acceptors (Lipinski definition) is 5. The van der Waals surface area contributed by atoms with E-state index in [1.54, 1.807) is 5.51 Å². The predicted molar refractivity (Wildman–Crippen MR) is 67.6 cm³/mol. The maximum atomic E-state index is 10.9. The van der Waals surface area contributed by atoms with Crippen LogP contribution in [-0.4, -0.2) is 26.0 Å². The number of nitrogens with zero attached hydrogens (tertiary/aromatic N) is 3. The number of aromatic carboxylic acids is 1. The highest BCUT2D eigenvalue weighted by Crippen LogP contribution is 2.23. The van der Waals surface area contributed by atoms with Crippen LogP contribution in [0.15, 0.2) is 36.0 Å². The molecule has 2 aromatic heterocycles. The molecular formula is C12H7N3O2S. The van der Waals surface area contributed by atoms with Gasteiger partial charge in [-0.3, -0.25) is 0 Å². The summed E-state index contributed by atoms with van der Waals surface area (Å²) in [6.45, 7) is 0. The number of benzene rings is 1. The van der Waals surface area contributed by atoms with Gasteiger partial charge in [-0.05, 0) is 24.3 Å². The first-order valence-corrected chi connectivity index (χ1v) is 6.02. The third-order valence-corrected chi connectivity index (χ3v) is 3.26. The number of aromatic nitrogens is 3. The average Bonchev–Trinajstić information content (AvgIpc) is 2.86. The molecule has 2 heterocycles. The number of hydrogen-bond donors (Lipinski definition) is 1. The highest BCUT2D eigenvalue weighted by Gasteiger charge is 2.08. The van der Waals surface area contributed by atoms with Crippen molar-refractivity contribution in [1.29, 1.82) is 0 Å². The van der Waals surface area contributed by atoms with Crippen molar-refractivity contribution in [1.82, 2.24) is 15.0 Å². The number of thiazole rings is 1. The number of fused-ring (bicyclic) bond motifs is 1. The van der Waals surface area contributed by atoms with E-state index in [1.165, 1.54) is 23.6 Å². The maximum Gasteiger partial charge on any atom is 0.354 e. The molecule has 1 aromatic carbocycles. The zero-order chi connectivity index (χ0) is 12.5. The van der Waals surface area contributed by atoms with Crippen molar-refractivity contribution in [2.45, 2.75) is 0 Å². The lowest BCUT2D eigenvalue weighted by molar-refractivity contribution is 0.0690. The van der Waals surface area contributed by atoms with Crippen molar-refractivity contribution < 1.29 is 9.90 Å². The summed E-state index contributed by atoms with van der Waals surface area (Å²) in [4.78, 5) is 23.1. The summed E-state index contributed by atoms with van der Waals surface area (Å²) in [5, 5.41) is 8.90. The third kappa shape index (κ3) is 1.82. The number of carboxylic acid groups (broad SMARTS) is 1. The van der Waals surface area contributed by atoms with Crippen LogP contribution in [0.2, 0.25) is 0 Å². The Morgan fingerprint density at radius 3 is 2.94 bits per heavy atom. The zero-order valence-corrected chi connectivity index (χ0v) is 9.89. The third-order valence-electron chi connectivity index (χ3n) is 2.46. The average molecular weight is 257 g/mol. The van der Waals surface area contributed by atoms with Crippen molar-refractivity contribution in [3.05, 3.63) is 41.7 Å². The molecular weight excluding hydrogens is 250 g/mol. The zero-order valence-electron chi connectivity index (χ0n) is 9.07. The summed E-state index contributed by atoms with van der Waals surface area (Å²) in [7, 11) is 0. The number of carbonyl (C=O) groups is 1. The molecule has 1 N–H and O–H groups in total. The Kier molecular flexibility index (Phi) is 2.49. The van der Waals surface area contributed by atoms with Crippen LogP contribution in [0.4, 0.5) is 0 Å². The highest BCUT2D eigenvalue weighted by molar-refractivity contribution is 7.16. The van der Waals surface area contributed by atoms with E-state index in [0.29, 0.717) is 5.82 Å². The van der Waals surface area contributed by atoms with E-state index in [0.717, 1.165) is 15.8 Å². The molecule has 0 amide bonds. The van der Waals surface area contributed by atoms with E-state index >= 15 is 0 Å². The van der Waals surface area contributed by atoms with Crippen LogP contribution in [0.3, 0.4) is 0 Å². The summed E-state index contributed by atoms with van der Waals surface area (Å²) < 4.78 is 1.02. The van der Waals surface area contributed by atoms with Crippen LogP contribution in [0.25, 0.3) is 21.6 Å². The number of rotatable bonds is 2. The van der Waals surface area contributed by atoms with Crippen LogP contribution in [0.1, 0.15) is 10.5 Å². The summed E-state index contributed by atoms with van der Waals surface area (Å²) in [5.74, 6) is -0.650. The first-order chi connectivity index (χ1) is 8.74. The lowest BCUT2D eigenvalue weighted by Crippen LogP contribution is -2.02. The van der Waals surface area contributed by atoms with Gasteiger partial charge in [-0.15, -0.1) is 11.3 Å². The summed E-state index contributed by atoms with van der Waals surface area (Å²) in [6.07, 6.45) is 1.45. The highest BCUT2D eigenvalue weighted by atomic mass is 32.1. The normalized spacial score (nSPS) is 10.7. The Morgan fingerprint density at radius 2 is 2.11 bits per heavy atom. The molecule has 0 spiro atoms. The van der Waals surface area contributed by atoms with Gasteiger partial charge in [-0.2, -0.15) is 0 Å². The van der Waals surface area contributed by atoms with Gasteiger partial charge in [0.15, 0.2) is 11.5 Å². The minimum absolute atomic E-state index is 0.00981. The summed E-state index contributed by atoms with van der Waals surface area (Å²) in [5.41, 5.74) is 3.46. The molecule has 0 aliphatic carbocycles. The topological polar surface area (TPSA) is 76.0 Å². The maximum absolute atomic E-state index is 10.9. The van der Waals surface area contributed by atoms with Crippen LogP contribution >= 0.6 is 11.3 Å². The molecule has 0 radical (unpaired) electrons. The molecule has 0 saturated heterocycles. The SMILES string of the molecule is O=C(O)c1ccnc(-c2ccc3ncsc3c2)n1. The second-order valence-corrected chi connectivity index (χ2v) is 4.49. The van der Waals surface area contributed by atoms with E-state index in [9.17, 15) is 4.79 Å². The molecule has 3 aromatic rings. The second-order valence-electron chi connectivity index (χ2n) is 3.61. The van der Waals surface area contributed by atoms with Crippen molar-refractivity contribution in [3.8, 4) is 11.4 Å². The van der Waals surface area contributed by atoms with Crippen molar-refractivity contribution in [2.75, 3.05) is 0 Å². The fourth-order valence-corrected chi connectivity index (χ4v) is 2.33. The standard InChI is InChI=1S/C12H7N3O2S/c16-12(17)9-3-4-13-11(15-9)7-1-2-8-10(5-7)18-6-14-8/h1-6H,(H,16,17). The van der Waals surface area contributed by atoms with Gasteiger partial charge in [-0.1, -0.05) is 0 Å². The van der Waals surface area contributed by atoms with Gasteiger partial charge in [0.1, 0.15) is 0 Å². The van der Waals surface area contributed by atoms with Crippen molar-refractivity contribution >= 4 is 27.5 Å². The Morgan fingerprint density at radius 1 is 1.22 bits per heavy atom. The van der Waals surface area contributed by atoms with E-state index in [4.69, 9.17) is 5.11 Å². The molecule has 0 saturated carbocycles. The van der Waals surface area contributed by atoms with E-state index in [2.05, 4.69) is 15.0 Å². The molecule has 3 rings (SSSR count). The van der Waals surface area contributed by atoms with Crippen LogP contribution in [-0.2, 0) is 0 Å². The quantitative estimate of drug-likeness (QED) is 0.763. The van der Waals surface area contributed by atoms with Crippen LogP contribution in [0.5, 0.6) is 0 Å². The Bertz CT molecular complexity index is 739. The molecule has 0 unspecified atom stereocenters. The largest absolute Gasteiger partial charge is 0.477 e. The van der Waals surface area contributed by atoms with E-state index < -0.39 is 5.97 Å². The van der Waals surface area contributed by atoms with Crippen LogP contribution in [0, 0.1) is 0 Å². The van der Waals surface area contributed by atoms with Crippen LogP contribution < -0.4 is 0 Å². The summed E-state index contributed by atoms with van der Waals surface area (Å²) in [6, 6.07) is 6.99. The first-order valence-electron chi connectivity index (χ1n) is 5.14. The predicted octanol–water partition coefficient (Wildman–Crippen LogP) is 2.45. The monoisotopic (exact) mass is 257 g/mol. The minimum atomic E-state index is -1.06. The molecule has 6 heteroatoms. The van der Waals surface area contributed by atoms with Gasteiger partial charge < -0.3 is 5.11 Å². The molecule has 0 atom stereocenters. The molecule has 0 aliphatic rings. The molecule has 0 aliphatic heterocycles. The van der Waals surface area contributed by atoms with Gasteiger partial charge in [0.25, 0.3) is 0 Å². The molecule has 0 bridgehead atoms. The Hall–Kier alpha value is -2.34. The summed E-state index contributed by atoms with van der Waals surface area (Å²) >= 11 is 1.52. The van der Waals surface area contributed by atoms with Gasteiger partial charge >= 0.3 is 5.97 Å².